The number of aryl methyl sites for hydroxylation is 2. The predicted octanol–water partition coefficient (Wildman–Crippen LogP) is 5.67. The van der Waals surface area contributed by atoms with Crippen LogP contribution in [0.25, 0.3) is 11.0 Å². The van der Waals surface area contributed by atoms with Gasteiger partial charge in [-0.2, -0.15) is 0 Å². The van der Waals surface area contributed by atoms with Crippen molar-refractivity contribution in [3.05, 3.63) is 51.0 Å². The molecule has 170 valence electrons. The molecule has 0 fully saturated rings. The minimum Gasteiger partial charge on any atom is -0.493 e. The van der Waals surface area contributed by atoms with E-state index in [9.17, 15) is 9.59 Å². The predicted molar refractivity (Wildman–Crippen MR) is 124 cm³/mol. The van der Waals surface area contributed by atoms with E-state index in [1.165, 1.54) is 0 Å². The molecule has 0 atom stereocenters. The Morgan fingerprint density at radius 3 is 2.47 bits per heavy atom. The van der Waals surface area contributed by atoms with Gasteiger partial charge < -0.3 is 9.47 Å². The van der Waals surface area contributed by atoms with Crippen molar-refractivity contribution in [2.24, 2.45) is 0 Å². The molecule has 1 heterocycles. The number of benzene rings is 2. The van der Waals surface area contributed by atoms with Crippen LogP contribution in [-0.2, 0) is 11.3 Å². The molecule has 9 heteroatoms. The van der Waals surface area contributed by atoms with E-state index < -0.39 is 11.6 Å². The van der Waals surface area contributed by atoms with Crippen molar-refractivity contribution in [2.75, 3.05) is 6.61 Å². The second-order valence-corrected chi connectivity index (χ2v) is 9.21. The second-order valence-electron chi connectivity index (χ2n) is 8.40. The molecule has 0 saturated heterocycles. The number of esters is 1. The molecule has 0 radical (unpaired) electrons. The normalized spacial score (nSPS) is 11.6. The van der Waals surface area contributed by atoms with Crippen molar-refractivity contribution in [1.29, 1.82) is 0 Å². The van der Waals surface area contributed by atoms with E-state index in [4.69, 9.17) is 32.7 Å². The molecule has 3 aromatic rings. The number of hydrogen-bond donors (Lipinski definition) is 0. The summed E-state index contributed by atoms with van der Waals surface area (Å²) in [5, 5.41) is 8.75. The Hall–Kier alpha value is -2.64. The molecule has 32 heavy (non-hydrogen) atoms. The summed E-state index contributed by atoms with van der Waals surface area (Å²) < 4.78 is 12.9. The number of aldehydes is 1. The molecule has 0 amide bonds. The minimum atomic E-state index is -0.649. The van der Waals surface area contributed by atoms with Gasteiger partial charge in [-0.3, -0.25) is 4.79 Å². The lowest BCUT2D eigenvalue weighted by Crippen LogP contribution is -2.24. The van der Waals surface area contributed by atoms with E-state index in [-0.39, 0.29) is 15.6 Å². The van der Waals surface area contributed by atoms with Gasteiger partial charge in [-0.15, -0.1) is 5.10 Å². The minimum absolute atomic E-state index is 0.127. The van der Waals surface area contributed by atoms with Crippen molar-refractivity contribution in [1.82, 2.24) is 15.0 Å². The van der Waals surface area contributed by atoms with E-state index >= 15 is 0 Å². The number of carbonyl (C=O) groups is 2. The lowest BCUT2D eigenvalue weighted by atomic mass is 10.1. The van der Waals surface area contributed by atoms with Gasteiger partial charge in [-0.05, 0) is 70.4 Å². The first-order valence-corrected chi connectivity index (χ1v) is 11.0. The summed E-state index contributed by atoms with van der Waals surface area (Å²) in [6.07, 6.45) is 2.39. The van der Waals surface area contributed by atoms with E-state index in [0.29, 0.717) is 24.5 Å². The third-order valence-electron chi connectivity index (χ3n) is 4.76. The van der Waals surface area contributed by atoms with Gasteiger partial charge >= 0.3 is 5.97 Å². The first kappa shape index (κ1) is 24.0. The Bertz CT molecular complexity index is 1130. The van der Waals surface area contributed by atoms with Crippen LogP contribution in [0.5, 0.6) is 5.75 Å². The number of aromatic nitrogens is 3. The molecule has 3 rings (SSSR count). The molecular formula is C23H25Cl2N3O4. The molecule has 2 aromatic carbocycles. The second kappa shape index (κ2) is 9.88. The number of ether oxygens (including phenoxy) is 2. The molecule has 0 aliphatic heterocycles. The molecular weight excluding hydrogens is 453 g/mol. The number of fused-ring (bicyclic) bond motifs is 1. The Morgan fingerprint density at radius 2 is 1.84 bits per heavy atom. The summed E-state index contributed by atoms with van der Waals surface area (Å²) in [5.41, 5.74) is 2.56. The van der Waals surface area contributed by atoms with Gasteiger partial charge in [0.25, 0.3) is 0 Å². The van der Waals surface area contributed by atoms with Crippen LogP contribution in [0.3, 0.4) is 0 Å². The smallest absolute Gasteiger partial charge is 0.341 e. The SMILES string of the molecule is Cc1c(C=O)ccc2c1nnn2CCCCOc1cc(Cl)c(C(=O)OC(C)(C)C)c(Cl)c1. The highest BCUT2D eigenvalue weighted by molar-refractivity contribution is 6.39. The van der Waals surface area contributed by atoms with Crippen LogP contribution in [0.4, 0.5) is 0 Å². The summed E-state index contributed by atoms with van der Waals surface area (Å²) in [5.74, 6) is -0.0925. The summed E-state index contributed by atoms with van der Waals surface area (Å²) in [7, 11) is 0. The molecule has 0 spiro atoms. The van der Waals surface area contributed by atoms with Crippen LogP contribution in [-0.4, -0.2) is 39.5 Å². The van der Waals surface area contributed by atoms with Gasteiger partial charge in [-0.1, -0.05) is 28.4 Å². The molecule has 0 N–H and O–H groups in total. The summed E-state index contributed by atoms with van der Waals surface area (Å²) in [4.78, 5) is 23.4. The van der Waals surface area contributed by atoms with Crippen LogP contribution in [0.1, 0.15) is 59.9 Å². The van der Waals surface area contributed by atoms with E-state index in [1.54, 1.807) is 39.0 Å². The van der Waals surface area contributed by atoms with Gasteiger partial charge in [-0.25, -0.2) is 9.48 Å². The Balaban J connectivity index is 1.55. The summed E-state index contributed by atoms with van der Waals surface area (Å²) in [6, 6.07) is 6.76. The third-order valence-corrected chi connectivity index (χ3v) is 5.36. The average molecular weight is 478 g/mol. The number of halogens is 2. The van der Waals surface area contributed by atoms with Crippen LogP contribution in [0.2, 0.25) is 10.0 Å². The Morgan fingerprint density at radius 1 is 1.16 bits per heavy atom. The van der Waals surface area contributed by atoms with Crippen molar-refractivity contribution in [2.45, 2.75) is 52.7 Å². The zero-order valence-corrected chi connectivity index (χ0v) is 20.0. The molecule has 0 bridgehead atoms. The molecule has 0 saturated carbocycles. The van der Waals surface area contributed by atoms with Crippen LogP contribution in [0, 0.1) is 6.92 Å². The lowest BCUT2D eigenvalue weighted by Gasteiger charge is -2.20. The number of rotatable bonds is 8. The van der Waals surface area contributed by atoms with E-state index in [2.05, 4.69) is 10.3 Å². The van der Waals surface area contributed by atoms with Gasteiger partial charge in [0.15, 0.2) is 0 Å². The lowest BCUT2D eigenvalue weighted by molar-refractivity contribution is 0.00698. The quantitative estimate of drug-likeness (QED) is 0.236. The molecule has 1 aromatic heterocycles. The fourth-order valence-electron chi connectivity index (χ4n) is 3.19. The summed E-state index contributed by atoms with van der Waals surface area (Å²) >= 11 is 12.5. The van der Waals surface area contributed by atoms with Gasteiger partial charge in [0.2, 0.25) is 0 Å². The van der Waals surface area contributed by atoms with Crippen LogP contribution >= 0.6 is 23.2 Å². The zero-order valence-electron chi connectivity index (χ0n) is 18.4. The van der Waals surface area contributed by atoms with E-state index in [0.717, 1.165) is 35.7 Å². The Labute approximate surface area is 196 Å². The van der Waals surface area contributed by atoms with Crippen LogP contribution in [0.15, 0.2) is 24.3 Å². The maximum absolute atomic E-state index is 12.3. The molecule has 0 aliphatic carbocycles. The molecule has 7 nitrogen and oxygen atoms in total. The zero-order chi connectivity index (χ0) is 23.5. The number of carbonyl (C=O) groups excluding carboxylic acids is 2. The number of nitrogens with zero attached hydrogens (tertiary/aromatic N) is 3. The standard InChI is InChI=1S/C23H25Cl2N3O4/c1-14-15(13-29)7-8-19-21(14)26-27-28(19)9-5-6-10-31-16-11-17(24)20(18(25)12-16)22(30)32-23(2,3)4/h7-8,11-13H,5-6,9-10H2,1-4H3. The van der Waals surface area contributed by atoms with E-state index in [1.807, 2.05) is 17.7 Å². The highest BCUT2D eigenvalue weighted by atomic mass is 35.5. The highest BCUT2D eigenvalue weighted by Crippen LogP contribution is 2.32. The maximum Gasteiger partial charge on any atom is 0.341 e. The Kier molecular flexibility index (Phi) is 7.41. The van der Waals surface area contributed by atoms with Gasteiger partial charge in [0.05, 0.1) is 27.7 Å². The van der Waals surface area contributed by atoms with Crippen molar-refractivity contribution in [3.8, 4) is 5.75 Å². The average Bonchev–Trinajstić information content (AvgIpc) is 3.10. The van der Waals surface area contributed by atoms with Crippen molar-refractivity contribution >= 4 is 46.5 Å². The van der Waals surface area contributed by atoms with Crippen molar-refractivity contribution in [3.63, 3.8) is 0 Å². The van der Waals surface area contributed by atoms with Gasteiger partial charge in [0.1, 0.15) is 23.2 Å². The highest BCUT2D eigenvalue weighted by Gasteiger charge is 2.23. The topological polar surface area (TPSA) is 83.3 Å². The van der Waals surface area contributed by atoms with Crippen LogP contribution < -0.4 is 4.74 Å². The number of hydrogen-bond acceptors (Lipinski definition) is 6. The third kappa shape index (κ3) is 5.58. The first-order valence-electron chi connectivity index (χ1n) is 10.2. The fourth-order valence-corrected chi connectivity index (χ4v) is 3.81. The van der Waals surface area contributed by atoms with Gasteiger partial charge in [0, 0.05) is 12.1 Å². The number of unbranched alkanes of at least 4 members (excludes halogenated alkanes) is 1. The summed E-state index contributed by atoms with van der Waals surface area (Å²) in [6.45, 7) is 8.29. The largest absolute Gasteiger partial charge is 0.493 e. The molecule has 0 aliphatic rings. The first-order chi connectivity index (χ1) is 15.1. The fraction of sp³-hybridized carbons (Fsp3) is 0.391. The van der Waals surface area contributed by atoms with Crippen molar-refractivity contribution < 1.29 is 19.1 Å². The maximum atomic E-state index is 12.3. The molecule has 0 unspecified atom stereocenters. The monoisotopic (exact) mass is 477 g/mol.